The molecule has 0 bridgehead atoms. The summed E-state index contributed by atoms with van der Waals surface area (Å²) in [6.45, 7) is 0. The minimum Gasteiger partial charge on any atom is -0.455 e. The van der Waals surface area contributed by atoms with Gasteiger partial charge in [0.25, 0.3) is 0 Å². The topological polar surface area (TPSA) is 16.4 Å². The van der Waals surface area contributed by atoms with Crippen LogP contribution in [0.15, 0.2) is 217 Å². The van der Waals surface area contributed by atoms with E-state index in [4.69, 9.17) is 4.42 Å². The van der Waals surface area contributed by atoms with Gasteiger partial charge in [0.2, 0.25) is 0 Å². The van der Waals surface area contributed by atoms with Gasteiger partial charge in [0, 0.05) is 53.4 Å². The van der Waals surface area contributed by atoms with E-state index in [9.17, 15) is 0 Å². The molecule has 2 aromatic heterocycles. The zero-order valence-corrected chi connectivity index (χ0v) is 32.8. The lowest BCUT2D eigenvalue weighted by molar-refractivity contribution is 0.673. The highest BCUT2D eigenvalue weighted by Crippen LogP contribution is 2.43. The van der Waals surface area contributed by atoms with E-state index in [0.29, 0.717) is 0 Å². The molecule has 12 aromatic rings. The van der Waals surface area contributed by atoms with Crippen molar-refractivity contribution in [3.63, 3.8) is 0 Å². The first-order valence-corrected chi connectivity index (χ1v) is 20.9. The molecule has 276 valence electrons. The molecule has 0 unspecified atom stereocenters. The second-order valence-electron chi connectivity index (χ2n) is 15.3. The maximum absolute atomic E-state index is 6.55. The van der Waals surface area contributed by atoms with Crippen molar-refractivity contribution in [3.05, 3.63) is 212 Å². The first-order chi connectivity index (χ1) is 29.2. The van der Waals surface area contributed by atoms with Crippen LogP contribution in [0.1, 0.15) is 0 Å². The Morgan fingerprint density at radius 2 is 0.915 bits per heavy atom. The number of rotatable bonds is 6. The quantitative estimate of drug-likeness (QED) is 0.167. The molecule has 0 radical (unpaired) electrons. The fraction of sp³-hybridized carbons (Fsp3) is 0. The molecule has 0 N–H and O–H groups in total. The standard InChI is InChI=1S/C56H35NOS/c1-3-15-45-36(10-1)12-8-18-46(45)38-22-28-42(29-23-38)57(44-14-7-13-40(34-44)41-27-32-50-49-17-5-6-21-53(49)59-54(50)35-41)43-30-24-39(25-31-43)47-19-9-20-52-55(47)51-33-26-37-11-2-4-16-48(37)56(51)58-52/h1-35H. The maximum Gasteiger partial charge on any atom is 0.143 e. The number of benzene rings is 10. The number of hydrogen-bond acceptors (Lipinski definition) is 3. The van der Waals surface area contributed by atoms with Crippen LogP contribution in [0, 0.1) is 0 Å². The van der Waals surface area contributed by atoms with Crippen LogP contribution in [0.2, 0.25) is 0 Å². The molecule has 0 saturated heterocycles. The summed E-state index contributed by atoms with van der Waals surface area (Å²) >= 11 is 1.86. The smallest absolute Gasteiger partial charge is 0.143 e. The number of nitrogens with zero attached hydrogens (tertiary/aromatic N) is 1. The van der Waals surface area contributed by atoms with E-state index in [-0.39, 0.29) is 0 Å². The lowest BCUT2D eigenvalue weighted by atomic mass is 9.97. The maximum atomic E-state index is 6.55. The molecule has 12 rings (SSSR count). The Hall–Kier alpha value is -7.46. The minimum absolute atomic E-state index is 0.900. The summed E-state index contributed by atoms with van der Waals surface area (Å²) in [5.41, 5.74) is 12.2. The molecule has 0 amide bonds. The first kappa shape index (κ1) is 33.7. The average Bonchev–Trinajstić information content (AvgIpc) is 3.88. The fourth-order valence-electron chi connectivity index (χ4n) is 9.03. The lowest BCUT2D eigenvalue weighted by Gasteiger charge is -2.26. The molecule has 0 spiro atoms. The van der Waals surface area contributed by atoms with Crippen molar-refractivity contribution in [2.45, 2.75) is 0 Å². The number of hydrogen-bond donors (Lipinski definition) is 0. The SMILES string of the molecule is c1cc(-c2ccc3c(c2)sc2ccccc23)cc(N(c2ccc(-c3cccc4ccccc34)cc2)c2ccc(-c3cccc4oc5c6ccccc6ccc5c34)cc2)c1. The van der Waals surface area contributed by atoms with Crippen molar-refractivity contribution in [3.8, 4) is 33.4 Å². The second kappa shape index (κ2) is 13.6. The Balaban J connectivity index is 0.974. The third kappa shape index (κ3) is 5.62. The summed E-state index contributed by atoms with van der Waals surface area (Å²) in [5, 5.41) is 9.73. The van der Waals surface area contributed by atoms with Crippen LogP contribution in [-0.4, -0.2) is 0 Å². The zero-order chi connectivity index (χ0) is 38.9. The normalized spacial score (nSPS) is 11.7. The van der Waals surface area contributed by atoms with Crippen LogP contribution >= 0.6 is 11.3 Å². The Morgan fingerprint density at radius 3 is 1.73 bits per heavy atom. The average molecular weight is 770 g/mol. The van der Waals surface area contributed by atoms with Gasteiger partial charge in [-0.15, -0.1) is 11.3 Å². The predicted octanol–water partition coefficient (Wildman–Crippen LogP) is 16.7. The summed E-state index contributed by atoms with van der Waals surface area (Å²) < 4.78 is 9.17. The van der Waals surface area contributed by atoms with Crippen molar-refractivity contribution in [1.29, 1.82) is 0 Å². The highest BCUT2D eigenvalue weighted by molar-refractivity contribution is 7.25. The molecular formula is C56H35NOS. The molecule has 0 saturated carbocycles. The second-order valence-corrected chi connectivity index (χ2v) is 16.3. The van der Waals surface area contributed by atoms with E-state index >= 15 is 0 Å². The van der Waals surface area contributed by atoms with Crippen LogP contribution in [0.25, 0.3) is 97.0 Å². The van der Waals surface area contributed by atoms with Crippen LogP contribution < -0.4 is 4.90 Å². The van der Waals surface area contributed by atoms with Crippen LogP contribution in [0.5, 0.6) is 0 Å². The summed E-state index contributed by atoms with van der Waals surface area (Å²) in [4.78, 5) is 2.37. The monoisotopic (exact) mass is 769 g/mol. The lowest BCUT2D eigenvalue weighted by Crippen LogP contribution is -2.10. The highest BCUT2D eigenvalue weighted by atomic mass is 32.1. The van der Waals surface area contributed by atoms with Gasteiger partial charge in [-0.05, 0) is 110 Å². The molecule has 10 aromatic carbocycles. The highest BCUT2D eigenvalue weighted by Gasteiger charge is 2.18. The number of thiophene rings is 1. The summed E-state index contributed by atoms with van der Waals surface area (Å²) in [5.74, 6) is 0. The number of furan rings is 1. The Bertz CT molecular complexity index is 3550. The van der Waals surface area contributed by atoms with Crippen molar-refractivity contribution in [2.24, 2.45) is 0 Å². The Kier molecular flexibility index (Phi) is 7.75. The first-order valence-electron chi connectivity index (χ1n) is 20.1. The molecule has 0 aliphatic heterocycles. The summed E-state index contributed by atoms with van der Waals surface area (Å²) in [6.07, 6.45) is 0. The third-order valence-corrected chi connectivity index (χ3v) is 13.0. The van der Waals surface area contributed by atoms with Crippen molar-refractivity contribution in [2.75, 3.05) is 4.90 Å². The molecule has 3 heteroatoms. The molecule has 2 nitrogen and oxygen atoms in total. The molecule has 59 heavy (non-hydrogen) atoms. The predicted molar refractivity (Wildman–Crippen MR) is 253 cm³/mol. The van der Waals surface area contributed by atoms with Gasteiger partial charge in [0.15, 0.2) is 0 Å². The number of anilines is 3. The molecule has 2 heterocycles. The molecule has 0 aliphatic carbocycles. The van der Waals surface area contributed by atoms with E-state index in [1.807, 2.05) is 11.3 Å². The number of fused-ring (bicyclic) bond motifs is 9. The third-order valence-electron chi connectivity index (χ3n) is 11.9. The van der Waals surface area contributed by atoms with Crippen LogP contribution in [-0.2, 0) is 0 Å². The van der Waals surface area contributed by atoms with E-state index in [0.717, 1.165) is 55.5 Å². The molecular weight excluding hydrogens is 735 g/mol. The van der Waals surface area contributed by atoms with Gasteiger partial charge in [-0.3, -0.25) is 0 Å². The van der Waals surface area contributed by atoms with Gasteiger partial charge < -0.3 is 9.32 Å². The fourth-order valence-corrected chi connectivity index (χ4v) is 10.2. The summed E-state index contributed by atoms with van der Waals surface area (Å²) in [6, 6.07) is 77.0. The Morgan fingerprint density at radius 1 is 0.339 bits per heavy atom. The molecule has 0 fully saturated rings. The van der Waals surface area contributed by atoms with Gasteiger partial charge in [0.05, 0.1) is 0 Å². The van der Waals surface area contributed by atoms with E-state index in [2.05, 4.69) is 217 Å². The van der Waals surface area contributed by atoms with E-state index < -0.39 is 0 Å². The van der Waals surface area contributed by atoms with Gasteiger partial charge in [-0.1, -0.05) is 152 Å². The summed E-state index contributed by atoms with van der Waals surface area (Å²) in [7, 11) is 0. The van der Waals surface area contributed by atoms with Crippen LogP contribution in [0.4, 0.5) is 17.1 Å². The van der Waals surface area contributed by atoms with Crippen molar-refractivity contribution >= 4 is 92.1 Å². The van der Waals surface area contributed by atoms with Crippen molar-refractivity contribution < 1.29 is 4.42 Å². The zero-order valence-electron chi connectivity index (χ0n) is 32.0. The van der Waals surface area contributed by atoms with Gasteiger partial charge in [0.1, 0.15) is 11.2 Å². The van der Waals surface area contributed by atoms with Gasteiger partial charge in [-0.25, -0.2) is 0 Å². The minimum atomic E-state index is 0.900. The van der Waals surface area contributed by atoms with E-state index in [1.165, 1.54) is 58.6 Å². The van der Waals surface area contributed by atoms with Gasteiger partial charge >= 0.3 is 0 Å². The molecule has 0 atom stereocenters. The largest absolute Gasteiger partial charge is 0.455 e. The Labute approximate surface area is 345 Å². The van der Waals surface area contributed by atoms with Crippen molar-refractivity contribution in [1.82, 2.24) is 0 Å². The van der Waals surface area contributed by atoms with E-state index in [1.54, 1.807) is 0 Å². The molecule has 0 aliphatic rings. The van der Waals surface area contributed by atoms with Crippen LogP contribution in [0.3, 0.4) is 0 Å². The van der Waals surface area contributed by atoms with Gasteiger partial charge in [-0.2, -0.15) is 0 Å².